The summed E-state index contributed by atoms with van der Waals surface area (Å²) >= 11 is 6.22. The number of rotatable bonds is 4. The minimum absolute atomic E-state index is 0.0686. The summed E-state index contributed by atoms with van der Waals surface area (Å²) in [5, 5.41) is 18.8. The Labute approximate surface area is 163 Å². The first-order valence-corrected chi connectivity index (χ1v) is 9.55. The zero-order valence-corrected chi connectivity index (χ0v) is 16.0. The predicted molar refractivity (Wildman–Crippen MR) is 111 cm³/mol. The van der Waals surface area contributed by atoms with Crippen molar-refractivity contribution in [2.75, 3.05) is 29.9 Å². The lowest BCUT2D eigenvalue weighted by Crippen LogP contribution is -2.49. The van der Waals surface area contributed by atoms with E-state index in [2.05, 4.69) is 57.6 Å². The summed E-state index contributed by atoms with van der Waals surface area (Å²) in [6.07, 6.45) is 0. The maximum atomic E-state index is 9.92. The van der Waals surface area contributed by atoms with Crippen LogP contribution in [0.25, 0.3) is 11.0 Å². The molecule has 0 aliphatic carbocycles. The number of aliphatic hydroxyl groups is 1. The molecule has 0 amide bonds. The monoisotopic (exact) mass is 385 g/mol. The summed E-state index contributed by atoms with van der Waals surface area (Å²) in [5.41, 5.74) is 8.87. The molecule has 0 spiro atoms. The van der Waals surface area contributed by atoms with E-state index in [0.717, 1.165) is 30.5 Å². The summed E-state index contributed by atoms with van der Waals surface area (Å²) in [5.74, 6) is 0.0686. The predicted octanol–water partition coefficient (Wildman–Crippen LogP) is 1.13. The number of anilines is 2. The highest BCUT2D eigenvalue weighted by atomic mass is 35.5. The molecule has 1 atom stereocenters. The Morgan fingerprint density at radius 3 is 2.89 bits per heavy atom. The van der Waals surface area contributed by atoms with Gasteiger partial charge in [0.15, 0.2) is 0 Å². The maximum Gasteiger partial charge on any atom is 0.211 e. The zero-order valence-electron chi connectivity index (χ0n) is 15.2. The number of aliphatic hydroxyl groups excluding tert-OH is 1. The van der Waals surface area contributed by atoms with Gasteiger partial charge in [-0.25, -0.2) is 0 Å². The van der Waals surface area contributed by atoms with Crippen LogP contribution in [0.4, 0.5) is 11.4 Å². The Balaban J connectivity index is 1.56. The molecule has 0 aromatic heterocycles. The van der Waals surface area contributed by atoms with Crippen LogP contribution in [0.1, 0.15) is 12.5 Å². The molecule has 6 nitrogen and oxygen atoms in total. The van der Waals surface area contributed by atoms with E-state index in [1.165, 1.54) is 11.3 Å². The van der Waals surface area contributed by atoms with Gasteiger partial charge in [0, 0.05) is 54.0 Å². The van der Waals surface area contributed by atoms with Crippen molar-refractivity contribution in [3.05, 3.63) is 58.5 Å². The van der Waals surface area contributed by atoms with Gasteiger partial charge in [-0.05, 0) is 36.8 Å². The highest BCUT2D eigenvalue weighted by Crippen LogP contribution is 2.22. The van der Waals surface area contributed by atoms with Crippen LogP contribution in [0.15, 0.2) is 42.5 Å². The molecule has 2 aromatic carbocycles. The van der Waals surface area contributed by atoms with Crippen molar-refractivity contribution in [2.45, 2.75) is 19.5 Å². The molecular weight excluding hydrogens is 362 g/mol. The summed E-state index contributed by atoms with van der Waals surface area (Å²) in [7, 11) is 0. The minimum atomic E-state index is 0.0686. The van der Waals surface area contributed by atoms with Crippen LogP contribution < -0.4 is 36.8 Å². The molecular formula is C20H24ClN5O. The van der Waals surface area contributed by atoms with E-state index in [-0.39, 0.29) is 5.88 Å². The molecule has 2 aliphatic rings. The van der Waals surface area contributed by atoms with E-state index >= 15 is 0 Å². The second-order valence-corrected chi connectivity index (χ2v) is 7.33. The molecule has 4 rings (SSSR count). The average Bonchev–Trinajstić information content (AvgIpc) is 2.69. The smallest absolute Gasteiger partial charge is 0.211 e. The zero-order chi connectivity index (χ0) is 18.8. The first kappa shape index (κ1) is 17.8. The second kappa shape index (κ2) is 7.58. The molecule has 7 heteroatoms. The molecule has 1 saturated heterocycles. The van der Waals surface area contributed by atoms with Crippen molar-refractivity contribution in [1.29, 1.82) is 0 Å². The van der Waals surface area contributed by atoms with Crippen LogP contribution >= 0.6 is 11.6 Å². The Morgan fingerprint density at radius 2 is 2.04 bits per heavy atom. The quantitative estimate of drug-likeness (QED) is 0.508. The number of hydrogen-bond donors (Lipinski definition) is 5. The fraction of sp³-hybridized carbons (Fsp3) is 0.300. The third-order valence-electron chi connectivity index (χ3n) is 4.99. The van der Waals surface area contributed by atoms with Gasteiger partial charge in [0.25, 0.3) is 0 Å². The Kier molecular flexibility index (Phi) is 5.01. The summed E-state index contributed by atoms with van der Waals surface area (Å²) in [6, 6.07) is 14.8. The van der Waals surface area contributed by atoms with Crippen molar-refractivity contribution in [2.24, 2.45) is 0 Å². The van der Waals surface area contributed by atoms with Crippen LogP contribution in [0.2, 0.25) is 0 Å². The number of benzene rings is 2. The summed E-state index contributed by atoms with van der Waals surface area (Å²) in [6.45, 7) is 5.96. The topological polar surface area (TPSA) is 71.6 Å². The molecule has 0 saturated carbocycles. The highest BCUT2D eigenvalue weighted by Gasteiger charge is 2.18. The molecule has 5 N–H and O–H groups in total. The van der Waals surface area contributed by atoms with Gasteiger partial charge < -0.3 is 20.6 Å². The van der Waals surface area contributed by atoms with Crippen LogP contribution in [0, 0.1) is 0 Å². The van der Waals surface area contributed by atoms with Gasteiger partial charge in [-0.2, -0.15) is 0 Å². The van der Waals surface area contributed by atoms with Crippen molar-refractivity contribution in [3.63, 3.8) is 0 Å². The largest absolute Gasteiger partial charge is 0.493 e. The van der Waals surface area contributed by atoms with Gasteiger partial charge in [0.05, 0.1) is 0 Å². The van der Waals surface area contributed by atoms with Gasteiger partial charge in [-0.3, -0.25) is 10.9 Å². The van der Waals surface area contributed by atoms with Crippen molar-refractivity contribution < 1.29 is 5.11 Å². The molecule has 0 unspecified atom stereocenters. The number of hydrogen-bond acceptors (Lipinski definition) is 6. The van der Waals surface area contributed by atoms with E-state index in [9.17, 15) is 5.11 Å². The molecule has 1 fully saturated rings. The number of para-hydroxylation sites is 1. The third kappa shape index (κ3) is 3.77. The minimum Gasteiger partial charge on any atom is -0.493 e. The van der Waals surface area contributed by atoms with Gasteiger partial charge in [-0.1, -0.05) is 29.8 Å². The van der Waals surface area contributed by atoms with Gasteiger partial charge >= 0.3 is 0 Å². The Bertz CT molecular complexity index is 961. The van der Waals surface area contributed by atoms with E-state index in [1.807, 2.05) is 18.2 Å². The van der Waals surface area contributed by atoms with Gasteiger partial charge in [-0.15, -0.1) is 0 Å². The molecule has 2 aliphatic heterocycles. The first-order valence-electron chi connectivity index (χ1n) is 9.17. The fourth-order valence-corrected chi connectivity index (χ4v) is 3.81. The van der Waals surface area contributed by atoms with Crippen LogP contribution in [-0.2, 0) is 6.54 Å². The van der Waals surface area contributed by atoms with E-state index in [1.54, 1.807) is 0 Å². The number of hydrazine groups is 1. The van der Waals surface area contributed by atoms with Crippen LogP contribution in [0.5, 0.6) is 0 Å². The lowest BCUT2D eigenvalue weighted by molar-refractivity contribution is 0.444. The Hall–Kier alpha value is -2.57. The Morgan fingerprint density at radius 1 is 1.19 bits per heavy atom. The number of nitrogens with one attached hydrogen (secondary N) is 4. The van der Waals surface area contributed by atoms with Gasteiger partial charge in [0.1, 0.15) is 5.16 Å². The number of halogens is 1. The average molecular weight is 386 g/mol. The van der Waals surface area contributed by atoms with Crippen molar-refractivity contribution in [1.82, 2.24) is 16.2 Å². The molecule has 27 heavy (non-hydrogen) atoms. The maximum absolute atomic E-state index is 9.92. The molecule has 0 bridgehead atoms. The molecule has 0 radical (unpaired) electrons. The number of piperazine rings is 1. The highest BCUT2D eigenvalue weighted by molar-refractivity contribution is 6.44. The molecule has 2 heterocycles. The van der Waals surface area contributed by atoms with Crippen LogP contribution in [-0.4, -0.2) is 30.8 Å². The normalized spacial score (nSPS) is 19.2. The molecule has 142 valence electrons. The standard InChI is InChI=1S/C20H24ClN5O/c1-13-12-26(9-8-22-13)18-5-3-2-4-14(18)11-23-15-6-7-16-17(10-15)19(21)24-25-20(16)27/h2-7,10,13,22-25,27H,8-9,11-12H2,1H3/t13-/m1/s1. The molecule has 2 aromatic rings. The lowest BCUT2D eigenvalue weighted by atomic mass is 10.1. The summed E-state index contributed by atoms with van der Waals surface area (Å²) in [4.78, 5) is 2.44. The first-order chi connectivity index (χ1) is 13.1. The van der Waals surface area contributed by atoms with Crippen molar-refractivity contribution in [3.8, 4) is 0 Å². The van der Waals surface area contributed by atoms with Crippen molar-refractivity contribution >= 4 is 34.0 Å². The van der Waals surface area contributed by atoms with Gasteiger partial charge in [0.2, 0.25) is 5.88 Å². The summed E-state index contributed by atoms with van der Waals surface area (Å²) < 4.78 is 0. The van der Waals surface area contributed by atoms with E-state index < -0.39 is 0 Å². The fourth-order valence-electron chi connectivity index (χ4n) is 3.61. The number of nitrogens with zero attached hydrogens (tertiary/aromatic N) is 1. The lowest BCUT2D eigenvalue weighted by Gasteiger charge is -2.35. The van der Waals surface area contributed by atoms with E-state index in [0.29, 0.717) is 23.0 Å². The van der Waals surface area contributed by atoms with Crippen LogP contribution in [0.3, 0.4) is 0 Å². The third-order valence-corrected chi connectivity index (χ3v) is 5.28. The number of fused-ring (bicyclic) bond motifs is 1. The van der Waals surface area contributed by atoms with E-state index in [4.69, 9.17) is 11.6 Å². The SMILES string of the molecule is C[C@@H]1CN(c2ccccc2CNc2ccc3c(c2)=C(Cl)NNC=3O)CCN1. The second-order valence-electron chi connectivity index (χ2n) is 6.96.